The molecule has 0 aromatic heterocycles. The average molecular weight is 265 g/mol. The second-order valence-electron chi connectivity index (χ2n) is 5.42. The largest absolute Gasteiger partial charge is 0.376 e. The predicted octanol–water partition coefficient (Wildman–Crippen LogP) is 3.66. The summed E-state index contributed by atoms with van der Waals surface area (Å²) < 4.78 is 20.2. The summed E-state index contributed by atoms with van der Waals surface area (Å²) in [7, 11) is 0. The second kappa shape index (κ2) is 6.49. The maximum Gasteiger partial charge on any atom is 0.128 e. The Morgan fingerprint density at radius 3 is 2.74 bits per heavy atom. The van der Waals surface area contributed by atoms with E-state index >= 15 is 0 Å². The molecule has 0 bridgehead atoms. The third-order valence-electron chi connectivity index (χ3n) is 3.80. The van der Waals surface area contributed by atoms with Crippen molar-refractivity contribution < 1.29 is 9.13 Å². The van der Waals surface area contributed by atoms with Gasteiger partial charge < -0.3 is 10.1 Å². The molecule has 1 saturated heterocycles. The Hall–Kier alpha value is -0.930. The Morgan fingerprint density at radius 2 is 2.16 bits per heavy atom. The van der Waals surface area contributed by atoms with E-state index in [1.807, 2.05) is 19.9 Å². The quantitative estimate of drug-likeness (QED) is 0.897. The minimum Gasteiger partial charge on any atom is -0.376 e. The van der Waals surface area contributed by atoms with Gasteiger partial charge in [0.25, 0.3) is 0 Å². The van der Waals surface area contributed by atoms with Gasteiger partial charge in [0.15, 0.2) is 0 Å². The van der Waals surface area contributed by atoms with Gasteiger partial charge in [0.1, 0.15) is 5.82 Å². The number of benzene rings is 1. The summed E-state index contributed by atoms with van der Waals surface area (Å²) in [5.74, 6) is -0.113. The maximum atomic E-state index is 14.3. The van der Waals surface area contributed by atoms with Gasteiger partial charge >= 0.3 is 0 Å². The smallest absolute Gasteiger partial charge is 0.128 e. The van der Waals surface area contributed by atoms with E-state index in [2.05, 4.69) is 12.2 Å². The molecule has 106 valence electrons. The molecule has 3 heteroatoms. The van der Waals surface area contributed by atoms with Crippen molar-refractivity contribution in [3.8, 4) is 0 Å². The van der Waals surface area contributed by atoms with E-state index in [-0.39, 0.29) is 18.0 Å². The highest BCUT2D eigenvalue weighted by Crippen LogP contribution is 2.30. The molecule has 0 saturated carbocycles. The van der Waals surface area contributed by atoms with Crippen molar-refractivity contribution in [3.05, 3.63) is 34.6 Å². The highest BCUT2D eigenvalue weighted by Gasteiger charge is 2.28. The zero-order chi connectivity index (χ0) is 13.8. The van der Waals surface area contributed by atoms with Crippen LogP contribution in [0.25, 0.3) is 0 Å². The second-order valence-corrected chi connectivity index (χ2v) is 5.42. The van der Waals surface area contributed by atoms with E-state index in [0.29, 0.717) is 0 Å². The van der Waals surface area contributed by atoms with E-state index in [1.54, 1.807) is 6.07 Å². The third-order valence-corrected chi connectivity index (χ3v) is 3.80. The first-order valence-corrected chi connectivity index (χ1v) is 7.25. The van der Waals surface area contributed by atoms with Crippen LogP contribution < -0.4 is 5.32 Å². The Balaban J connectivity index is 2.32. The molecule has 0 radical (unpaired) electrons. The first-order chi connectivity index (χ1) is 9.13. The third kappa shape index (κ3) is 3.34. The SMILES string of the molecule is CCNC(c1c(C)cc(C)cc1F)C1CCCCO1. The van der Waals surface area contributed by atoms with Gasteiger partial charge in [0, 0.05) is 12.2 Å². The van der Waals surface area contributed by atoms with Crippen molar-refractivity contribution in [2.75, 3.05) is 13.2 Å². The molecule has 2 rings (SSSR count). The number of likely N-dealkylation sites (N-methyl/N-ethyl adjacent to an activating group) is 1. The number of ether oxygens (including phenoxy) is 1. The fourth-order valence-electron chi connectivity index (χ4n) is 2.99. The lowest BCUT2D eigenvalue weighted by molar-refractivity contribution is -0.00870. The zero-order valence-electron chi connectivity index (χ0n) is 12.1. The topological polar surface area (TPSA) is 21.3 Å². The maximum absolute atomic E-state index is 14.3. The van der Waals surface area contributed by atoms with Gasteiger partial charge in [-0.3, -0.25) is 0 Å². The van der Waals surface area contributed by atoms with Gasteiger partial charge in [-0.25, -0.2) is 4.39 Å². The fraction of sp³-hybridized carbons (Fsp3) is 0.625. The first-order valence-electron chi connectivity index (χ1n) is 7.25. The van der Waals surface area contributed by atoms with E-state index < -0.39 is 0 Å². The summed E-state index contributed by atoms with van der Waals surface area (Å²) in [6.45, 7) is 7.57. The van der Waals surface area contributed by atoms with E-state index in [1.165, 1.54) is 6.42 Å². The molecule has 0 aliphatic carbocycles. The highest BCUT2D eigenvalue weighted by molar-refractivity contribution is 5.35. The number of rotatable bonds is 4. The molecular weight excluding hydrogens is 241 g/mol. The number of hydrogen-bond acceptors (Lipinski definition) is 2. The van der Waals surface area contributed by atoms with Crippen molar-refractivity contribution in [1.82, 2.24) is 5.32 Å². The van der Waals surface area contributed by atoms with Crippen LogP contribution in [0.4, 0.5) is 4.39 Å². The molecule has 1 heterocycles. The van der Waals surface area contributed by atoms with Crippen molar-refractivity contribution in [1.29, 1.82) is 0 Å². The van der Waals surface area contributed by atoms with Crippen LogP contribution in [0.15, 0.2) is 12.1 Å². The van der Waals surface area contributed by atoms with E-state index in [4.69, 9.17) is 4.74 Å². The lowest BCUT2D eigenvalue weighted by atomic mass is 9.91. The highest BCUT2D eigenvalue weighted by atomic mass is 19.1. The summed E-state index contributed by atoms with van der Waals surface area (Å²) in [5.41, 5.74) is 2.76. The van der Waals surface area contributed by atoms with Crippen LogP contribution >= 0.6 is 0 Å². The summed E-state index contributed by atoms with van der Waals surface area (Å²) in [6.07, 6.45) is 3.37. The number of aryl methyl sites for hydroxylation is 2. The molecule has 1 aromatic carbocycles. The molecule has 1 N–H and O–H groups in total. The predicted molar refractivity (Wildman–Crippen MR) is 75.9 cm³/mol. The number of halogens is 1. The molecule has 1 fully saturated rings. The first kappa shape index (κ1) is 14.5. The van der Waals surface area contributed by atoms with Crippen LogP contribution in [0.3, 0.4) is 0 Å². The number of nitrogens with one attached hydrogen (secondary N) is 1. The van der Waals surface area contributed by atoms with Crippen molar-refractivity contribution >= 4 is 0 Å². The van der Waals surface area contributed by atoms with Crippen LogP contribution in [-0.2, 0) is 4.74 Å². The van der Waals surface area contributed by atoms with Crippen LogP contribution in [0.2, 0.25) is 0 Å². The summed E-state index contributed by atoms with van der Waals surface area (Å²) in [4.78, 5) is 0. The van der Waals surface area contributed by atoms with Gasteiger partial charge in [-0.1, -0.05) is 13.0 Å². The zero-order valence-corrected chi connectivity index (χ0v) is 12.1. The summed E-state index contributed by atoms with van der Waals surface area (Å²) in [6, 6.07) is 3.63. The molecule has 1 aromatic rings. The minimum absolute atomic E-state index is 0.0362. The van der Waals surface area contributed by atoms with Gasteiger partial charge in [0.2, 0.25) is 0 Å². The molecule has 2 nitrogen and oxygen atoms in total. The van der Waals surface area contributed by atoms with Crippen LogP contribution in [0, 0.1) is 19.7 Å². The minimum atomic E-state index is -0.113. The van der Waals surface area contributed by atoms with Gasteiger partial charge in [-0.05, 0) is 56.8 Å². The summed E-state index contributed by atoms with van der Waals surface area (Å²) in [5, 5.41) is 3.40. The Morgan fingerprint density at radius 1 is 1.37 bits per heavy atom. The Labute approximate surface area is 115 Å². The van der Waals surface area contributed by atoms with Crippen molar-refractivity contribution in [2.45, 2.75) is 52.2 Å². The Kier molecular flexibility index (Phi) is 4.94. The molecule has 19 heavy (non-hydrogen) atoms. The lowest BCUT2D eigenvalue weighted by Crippen LogP contribution is -2.37. The molecule has 1 aliphatic heterocycles. The normalized spacial score (nSPS) is 21.4. The Bertz CT molecular complexity index is 404. The van der Waals surface area contributed by atoms with Crippen LogP contribution in [0.5, 0.6) is 0 Å². The molecular formula is C16H24FNO. The molecule has 1 aliphatic rings. The molecule has 2 atom stereocenters. The monoisotopic (exact) mass is 265 g/mol. The van der Waals surface area contributed by atoms with Crippen molar-refractivity contribution in [3.63, 3.8) is 0 Å². The van der Waals surface area contributed by atoms with E-state index in [9.17, 15) is 4.39 Å². The van der Waals surface area contributed by atoms with E-state index in [0.717, 1.165) is 42.7 Å². The molecule has 0 spiro atoms. The lowest BCUT2D eigenvalue weighted by Gasteiger charge is -2.32. The average Bonchev–Trinajstić information content (AvgIpc) is 2.37. The number of hydrogen-bond donors (Lipinski definition) is 1. The van der Waals surface area contributed by atoms with Crippen molar-refractivity contribution in [2.24, 2.45) is 0 Å². The molecule has 0 amide bonds. The van der Waals surface area contributed by atoms with Gasteiger partial charge in [0.05, 0.1) is 12.1 Å². The molecule has 2 unspecified atom stereocenters. The standard InChI is InChI=1S/C16H24FNO/c1-4-18-16(14-7-5-6-8-19-14)15-12(3)9-11(2)10-13(15)17/h9-10,14,16,18H,4-8H2,1-3H3. The van der Waals surface area contributed by atoms with Gasteiger partial charge in [-0.15, -0.1) is 0 Å². The summed E-state index contributed by atoms with van der Waals surface area (Å²) >= 11 is 0. The van der Waals surface area contributed by atoms with Gasteiger partial charge in [-0.2, -0.15) is 0 Å². The van der Waals surface area contributed by atoms with Crippen LogP contribution in [-0.4, -0.2) is 19.3 Å². The van der Waals surface area contributed by atoms with Crippen LogP contribution in [0.1, 0.15) is 48.9 Å². The fourth-order valence-corrected chi connectivity index (χ4v) is 2.99.